The molecule has 3 aromatic carbocycles. The summed E-state index contributed by atoms with van der Waals surface area (Å²) in [5.74, 6) is -0.557. The largest absolute Gasteiger partial charge is 0.478 e. The number of rotatable bonds is 8. The number of carbonyl (C=O) groups is 1. The Kier molecular flexibility index (Phi) is 7.52. The van der Waals surface area contributed by atoms with E-state index in [0.717, 1.165) is 78.7 Å². The molecule has 1 saturated heterocycles. The molecule has 0 amide bonds. The summed E-state index contributed by atoms with van der Waals surface area (Å²) in [6.07, 6.45) is 4.14. The van der Waals surface area contributed by atoms with Crippen LogP contribution in [0, 0.1) is 18.7 Å². The molecule has 1 aliphatic carbocycles. The Balaban J connectivity index is 1.51. The second kappa shape index (κ2) is 11.0. The predicted octanol–water partition coefficient (Wildman–Crippen LogP) is 6.96. The predicted molar refractivity (Wildman–Crippen MR) is 144 cm³/mol. The summed E-state index contributed by atoms with van der Waals surface area (Å²) in [4.78, 5) is 14.0. The van der Waals surface area contributed by atoms with Crippen molar-refractivity contribution >= 4 is 17.1 Å². The van der Waals surface area contributed by atoms with Gasteiger partial charge in [0.05, 0.1) is 12.2 Å². The van der Waals surface area contributed by atoms with Gasteiger partial charge in [0.25, 0.3) is 0 Å². The highest BCUT2D eigenvalue weighted by atomic mass is 19.1. The van der Waals surface area contributed by atoms with Crippen molar-refractivity contribution < 1.29 is 18.7 Å². The third kappa shape index (κ3) is 5.52. The lowest BCUT2D eigenvalue weighted by atomic mass is 9.85. The number of aromatic carboxylic acids is 1. The lowest BCUT2D eigenvalue weighted by Gasteiger charge is -2.39. The lowest BCUT2D eigenvalue weighted by molar-refractivity contribution is 0.0696. The molecule has 0 spiro atoms. The SMILES string of the molecule is Cc1cc(F)ccc1C1=C(c2ccc(CC3CN(CCCF)C3)cc2)c2ccc(C(=O)O)cc2CCC1. The Morgan fingerprint density at radius 1 is 1.00 bits per heavy atom. The maximum absolute atomic E-state index is 14.0. The second-order valence-electron chi connectivity index (χ2n) is 10.4. The highest BCUT2D eigenvalue weighted by Crippen LogP contribution is 2.41. The highest BCUT2D eigenvalue weighted by molar-refractivity contribution is 6.01. The zero-order valence-corrected chi connectivity index (χ0v) is 21.3. The summed E-state index contributed by atoms with van der Waals surface area (Å²) in [5, 5.41) is 9.55. The summed E-state index contributed by atoms with van der Waals surface area (Å²) < 4.78 is 26.4. The van der Waals surface area contributed by atoms with Crippen molar-refractivity contribution in [3.63, 3.8) is 0 Å². The van der Waals surface area contributed by atoms with E-state index in [2.05, 4.69) is 29.2 Å². The fraction of sp³-hybridized carbons (Fsp3) is 0.344. The minimum absolute atomic E-state index is 0.243. The van der Waals surface area contributed by atoms with E-state index >= 15 is 0 Å². The maximum Gasteiger partial charge on any atom is 0.335 e. The zero-order chi connectivity index (χ0) is 25.9. The molecule has 1 fully saturated rings. The number of carboxylic acid groups (broad SMARTS) is 1. The molecule has 1 heterocycles. The first-order valence-electron chi connectivity index (χ1n) is 13.2. The monoisotopic (exact) mass is 501 g/mol. The van der Waals surface area contributed by atoms with E-state index in [9.17, 15) is 18.7 Å². The number of halogens is 2. The van der Waals surface area contributed by atoms with Crippen molar-refractivity contribution in [3.8, 4) is 0 Å². The lowest BCUT2D eigenvalue weighted by Crippen LogP contribution is -2.47. The van der Waals surface area contributed by atoms with Gasteiger partial charge in [0, 0.05) is 19.6 Å². The first-order valence-corrected chi connectivity index (χ1v) is 13.2. The minimum atomic E-state index is -0.921. The van der Waals surface area contributed by atoms with Crippen LogP contribution in [0.5, 0.6) is 0 Å². The number of alkyl halides is 1. The molecule has 0 radical (unpaired) electrons. The van der Waals surface area contributed by atoms with Gasteiger partial charge in [-0.1, -0.05) is 36.4 Å². The molecule has 0 atom stereocenters. The van der Waals surface area contributed by atoms with Crippen LogP contribution in [0.15, 0.2) is 60.7 Å². The number of allylic oxidation sites excluding steroid dienone is 1. The smallest absolute Gasteiger partial charge is 0.335 e. The van der Waals surface area contributed by atoms with Crippen LogP contribution in [-0.2, 0) is 12.8 Å². The van der Waals surface area contributed by atoms with Crippen molar-refractivity contribution in [2.75, 3.05) is 26.3 Å². The van der Waals surface area contributed by atoms with Crippen LogP contribution in [0.3, 0.4) is 0 Å². The second-order valence-corrected chi connectivity index (χ2v) is 10.4. The molecule has 2 aliphatic rings. The van der Waals surface area contributed by atoms with Crippen molar-refractivity contribution in [1.29, 1.82) is 0 Å². The van der Waals surface area contributed by atoms with Gasteiger partial charge in [0.1, 0.15) is 5.82 Å². The van der Waals surface area contributed by atoms with E-state index in [-0.39, 0.29) is 12.5 Å². The summed E-state index contributed by atoms with van der Waals surface area (Å²) in [7, 11) is 0. The average molecular weight is 502 g/mol. The quantitative estimate of drug-likeness (QED) is 0.363. The van der Waals surface area contributed by atoms with Crippen molar-refractivity contribution in [2.45, 2.75) is 39.0 Å². The van der Waals surface area contributed by atoms with Crippen molar-refractivity contribution in [1.82, 2.24) is 4.90 Å². The van der Waals surface area contributed by atoms with Crippen molar-refractivity contribution in [2.24, 2.45) is 5.92 Å². The van der Waals surface area contributed by atoms with Gasteiger partial charge < -0.3 is 10.0 Å². The number of hydrogen-bond acceptors (Lipinski definition) is 2. The van der Waals surface area contributed by atoms with Gasteiger partial charge in [0.2, 0.25) is 0 Å². The molecular formula is C32H33F2NO2. The molecule has 0 unspecified atom stereocenters. The Morgan fingerprint density at radius 3 is 2.46 bits per heavy atom. The number of aryl methyl sites for hydroxylation is 2. The van der Waals surface area contributed by atoms with Gasteiger partial charge in [-0.25, -0.2) is 9.18 Å². The average Bonchev–Trinajstić information content (AvgIpc) is 3.04. The number of carboxylic acids is 1. The summed E-state index contributed by atoms with van der Waals surface area (Å²) in [6.45, 7) is 4.59. The van der Waals surface area contributed by atoms with E-state index in [4.69, 9.17) is 0 Å². The third-order valence-electron chi connectivity index (χ3n) is 7.72. The normalized spacial score (nSPS) is 16.3. The van der Waals surface area contributed by atoms with Crippen molar-refractivity contribution in [3.05, 3.63) is 105 Å². The van der Waals surface area contributed by atoms with Gasteiger partial charge in [-0.3, -0.25) is 4.39 Å². The fourth-order valence-corrected chi connectivity index (χ4v) is 5.90. The van der Waals surface area contributed by atoms with Crippen LogP contribution >= 0.6 is 0 Å². The van der Waals surface area contributed by atoms with E-state index in [1.54, 1.807) is 18.2 Å². The maximum atomic E-state index is 14.0. The van der Waals surface area contributed by atoms with Crippen LogP contribution < -0.4 is 0 Å². The molecule has 3 aromatic rings. The van der Waals surface area contributed by atoms with E-state index in [0.29, 0.717) is 17.9 Å². The molecule has 3 nitrogen and oxygen atoms in total. The van der Waals surface area contributed by atoms with Crippen LogP contribution in [0.25, 0.3) is 11.1 Å². The van der Waals surface area contributed by atoms with Crippen LogP contribution in [0.1, 0.15) is 63.0 Å². The topological polar surface area (TPSA) is 40.5 Å². The summed E-state index contributed by atoms with van der Waals surface area (Å²) in [5.41, 5.74) is 8.99. The molecule has 5 rings (SSSR count). The summed E-state index contributed by atoms with van der Waals surface area (Å²) >= 11 is 0. The van der Waals surface area contributed by atoms with E-state index < -0.39 is 5.97 Å². The third-order valence-corrected chi connectivity index (χ3v) is 7.72. The molecule has 37 heavy (non-hydrogen) atoms. The van der Waals surface area contributed by atoms with Gasteiger partial charge in [0.15, 0.2) is 0 Å². The Bertz CT molecular complexity index is 1320. The van der Waals surface area contributed by atoms with E-state index in [1.807, 2.05) is 19.1 Å². The number of likely N-dealkylation sites (tertiary alicyclic amines) is 1. The molecule has 0 aromatic heterocycles. The molecule has 5 heteroatoms. The van der Waals surface area contributed by atoms with E-state index in [1.165, 1.54) is 17.2 Å². The molecule has 0 bridgehead atoms. The Hall–Kier alpha value is -3.31. The molecule has 192 valence electrons. The van der Waals surface area contributed by atoms with Gasteiger partial charge in [-0.15, -0.1) is 0 Å². The zero-order valence-electron chi connectivity index (χ0n) is 21.3. The minimum Gasteiger partial charge on any atom is -0.478 e. The number of fused-ring (bicyclic) bond motifs is 1. The molecule has 0 saturated carbocycles. The standard InChI is InChI=1S/C32H33F2NO2/c1-21-16-27(34)11-13-28(21)30-5-2-4-25-18-26(32(36)37)10-12-29(25)31(30)24-8-6-22(7-9-24)17-23-19-35(20-23)15-3-14-33/h6-13,16,18,23H,2-5,14-15,17,19-20H2,1H3,(H,36,37). The van der Waals surface area contributed by atoms with Gasteiger partial charge in [-0.2, -0.15) is 0 Å². The fourth-order valence-electron chi connectivity index (χ4n) is 5.90. The number of nitrogens with zero attached hydrogens (tertiary/aromatic N) is 1. The number of hydrogen-bond donors (Lipinski definition) is 1. The Labute approximate surface area is 217 Å². The highest BCUT2D eigenvalue weighted by Gasteiger charge is 2.26. The summed E-state index contributed by atoms with van der Waals surface area (Å²) in [6, 6.07) is 19.1. The van der Waals surface area contributed by atoms with Gasteiger partial charge >= 0.3 is 5.97 Å². The first-order chi connectivity index (χ1) is 17.9. The first kappa shape index (κ1) is 25.3. The number of benzene rings is 3. The molecule has 1 N–H and O–H groups in total. The van der Waals surface area contributed by atoms with Gasteiger partial charge in [-0.05, 0) is 114 Å². The molecular weight excluding hydrogens is 468 g/mol. The van der Waals surface area contributed by atoms with Crippen LogP contribution in [0.2, 0.25) is 0 Å². The van der Waals surface area contributed by atoms with Crippen LogP contribution in [0.4, 0.5) is 8.78 Å². The molecule has 1 aliphatic heterocycles. The Morgan fingerprint density at radius 2 is 1.76 bits per heavy atom. The van der Waals surface area contributed by atoms with Crippen LogP contribution in [-0.4, -0.2) is 42.3 Å².